The predicted molar refractivity (Wildman–Crippen MR) is 117 cm³/mol. The molecule has 0 radical (unpaired) electrons. The van der Waals surface area contributed by atoms with E-state index in [1.165, 1.54) is 9.20 Å². The standard InChI is InChI=1S/C21H33NO2SSi/c1-10-22(11-2)20(23)18-14(3)12-16-15(19(18)24-7)13-17(25-16)26(8,9)21(4,5)6/h12-13H,10-11H2,1-9H3. The fraction of sp³-hybridized carbons (Fsp3) is 0.571. The molecule has 26 heavy (non-hydrogen) atoms. The van der Waals surface area contributed by atoms with E-state index < -0.39 is 8.07 Å². The molecule has 3 nitrogen and oxygen atoms in total. The molecule has 2 rings (SSSR count). The molecule has 1 aromatic heterocycles. The summed E-state index contributed by atoms with van der Waals surface area (Å²) in [7, 11) is 0.0478. The first-order chi connectivity index (χ1) is 12.0. The van der Waals surface area contributed by atoms with Gasteiger partial charge in [-0.2, -0.15) is 0 Å². The molecule has 0 aliphatic heterocycles. The zero-order valence-electron chi connectivity index (χ0n) is 17.7. The average molecular weight is 392 g/mol. The lowest BCUT2D eigenvalue weighted by Gasteiger charge is -2.35. The fourth-order valence-corrected chi connectivity index (χ4v) is 7.52. The summed E-state index contributed by atoms with van der Waals surface area (Å²) in [5, 5.41) is 1.36. The molecule has 1 amide bonds. The number of hydrogen-bond acceptors (Lipinski definition) is 3. The van der Waals surface area contributed by atoms with E-state index in [-0.39, 0.29) is 10.9 Å². The van der Waals surface area contributed by atoms with Crippen molar-refractivity contribution in [3.63, 3.8) is 0 Å². The van der Waals surface area contributed by atoms with E-state index in [9.17, 15) is 4.79 Å². The molecule has 1 aromatic carbocycles. The van der Waals surface area contributed by atoms with E-state index in [0.29, 0.717) is 18.7 Å². The molecule has 0 aliphatic rings. The number of benzene rings is 1. The van der Waals surface area contributed by atoms with Gasteiger partial charge in [-0.3, -0.25) is 4.79 Å². The van der Waals surface area contributed by atoms with E-state index in [4.69, 9.17) is 4.74 Å². The summed E-state index contributed by atoms with van der Waals surface area (Å²) in [6.45, 7) is 19.3. The number of fused-ring (bicyclic) bond motifs is 1. The fourth-order valence-electron chi connectivity index (χ4n) is 3.10. The molecule has 2 aromatic rings. The number of rotatable bonds is 5. The Balaban J connectivity index is 2.72. The molecule has 0 saturated heterocycles. The van der Waals surface area contributed by atoms with Gasteiger partial charge in [-0.05, 0) is 48.0 Å². The minimum absolute atomic E-state index is 0.0614. The van der Waals surface area contributed by atoms with Gasteiger partial charge in [0.05, 0.1) is 20.7 Å². The minimum Gasteiger partial charge on any atom is -0.495 e. The first kappa shape index (κ1) is 21.0. The highest BCUT2D eigenvalue weighted by Crippen LogP contribution is 2.41. The van der Waals surface area contributed by atoms with Crippen molar-refractivity contribution in [3.8, 4) is 5.75 Å². The topological polar surface area (TPSA) is 29.5 Å². The summed E-state index contributed by atoms with van der Waals surface area (Å²) < 4.78 is 8.47. The zero-order valence-corrected chi connectivity index (χ0v) is 19.6. The second-order valence-electron chi connectivity index (χ2n) is 8.48. The number of carbonyl (C=O) groups is 1. The maximum atomic E-state index is 13.1. The third-order valence-corrected chi connectivity index (χ3v) is 13.8. The zero-order chi connectivity index (χ0) is 19.9. The molecule has 0 saturated carbocycles. The Morgan fingerprint density at radius 2 is 1.77 bits per heavy atom. The van der Waals surface area contributed by atoms with Crippen molar-refractivity contribution >= 4 is 39.9 Å². The predicted octanol–water partition coefficient (Wildman–Crippen LogP) is 5.42. The second kappa shape index (κ2) is 7.35. The van der Waals surface area contributed by atoms with Crippen LogP contribution in [0, 0.1) is 6.92 Å². The number of aryl methyl sites for hydroxylation is 1. The Hall–Kier alpha value is -1.33. The molecule has 1 heterocycles. The minimum atomic E-state index is -1.63. The van der Waals surface area contributed by atoms with E-state index in [1.54, 1.807) is 7.11 Å². The van der Waals surface area contributed by atoms with Crippen LogP contribution >= 0.6 is 11.3 Å². The van der Waals surface area contributed by atoms with Gasteiger partial charge in [0.25, 0.3) is 5.91 Å². The Labute approximate surface area is 163 Å². The molecule has 0 atom stereocenters. The van der Waals surface area contributed by atoms with Gasteiger partial charge in [0.15, 0.2) is 0 Å². The second-order valence-corrected chi connectivity index (χ2v) is 15.2. The van der Waals surface area contributed by atoms with Gasteiger partial charge in [-0.1, -0.05) is 33.9 Å². The van der Waals surface area contributed by atoms with Crippen LogP contribution in [-0.2, 0) is 0 Å². The van der Waals surface area contributed by atoms with Gasteiger partial charge in [0, 0.05) is 23.2 Å². The SMILES string of the molecule is CCN(CC)C(=O)c1c(C)cc2sc([Si](C)(C)C(C)(C)C)cc2c1OC. The highest BCUT2D eigenvalue weighted by Gasteiger charge is 2.38. The van der Waals surface area contributed by atoms with Crippen molar-refractivity contribution in [1.82, 2.24) is 4.90 Å². The lowest BCUT2D eigenvalue weighted by Crippen LogP contribution is -2.47. The Morgan fingerprint density at radius 1 is 1.19 bits per heavy atom. The number of methoxy groups -OCH3 is 1. The maximum absolute atomic E-state index is 13.1. The Morgan fingerprint density at radius 3 is 2.23 bits per heavy atom. The number of thiophene rings is 1. The van der Waals surface area contributed by atoms with Crippen LogP contribution in [0.2, 0.25) is 18.1 Å². The third kappa shape index (κ3) is 3.43. The average Bonchev–Trinajstić information content (AvgIpc) is 2.97. The van der Waals surface area contributed by atoms with Crippen LogP contribution in [-0.4, -0.2) is 39.1 Å². The lowest BCUT2D eigenvalue weighted by molar-refractivity contribution is 0.0769. The van der Waals surface area contributed by atoms with Crippen molar-refractivity contribution in [2.45, 2.75) is 59.7 Å². The Bertz CT molecular complexity index is 814. The molecule has 0 aliphatic carbocycles. The summed E-state index contributed by atoms with van der Waals surface area (Å²) in [6.07, 6.45) is 0. The number of hydrogen-bond donors (Lipinski definition) is 0. The molecule has 144 valence electrons. The first-order valence-electron chi connectivity index (χ1n) is 9.40. The summed E-state index contributed by atoms with van der Waals surface area (Å²) in [5.74, 6) is 0.796. The quantitative estimate of drug-likeness (QED) is 0.637. The number of carbonyl (C=O) groups excluding carboxylic acids is 1. The first-order valence-corrected chi connectivity index (χ1v) is 13.2. The van der Waals surface area contributed by atoms with Crippen LogP contribution in [0.3, 0.4) is 0 Å². The van der Waals surface area contributed by atoms with Crippen molar-refractivity contribution in [3.05, 3.63) is 23.3 Å². The lowest BCUT2D eigenvalue weighted by atomic mass is 10.0. The van der Waals surface area contributed by atoms with Crippen molar-refractivity contribution < 1.29 is 9.53 Å². The summed E-state index contributed by atoms with van der Waals surface area (Å²) >= 11 is 1.87. The van der Waals surface area contributed by atoms with Crippen LogP contribution in [0.5, 0.6) is 5.75 Å². The monoisotopic (exact) mass is 391 g/mol. The maximum Gasteiger partial charge on any atom is 0.257 e. The van der Waals surface area contributed by atoms with Gasteiger partial charge >= 0.3 is 0 Å². The van der Waals surface area contributed by atoms with E-state index >= 15 is 0 Å². The van der Waals surface area contributed by atoms with Crippen LogP contribution in [0.15, 0.2) is 12.1 Å². The van der Waals surface area contributed by atoms with Gasteiger partial charge in [-0.25, -0.2) is 0 Å². The smallest absolute Gasteiger partial charge is 0.257 e. The largest absolute Gasteiger partial charge is 0.495 e. The van der Waals surface area contributed by atoms with Crippen LogP contribution < -0.4 is 9.24 Å². The molecule has 0 unspecified atom stereocenters. The summed E-state index contributed by atoms with van der Waals surface area (Å²) in [6, 6.07) is 4.45. The summed E-state index contributed by atoms with van der Waals surface area (Å²) in [4.78, 5) is 14.9. The molecular weight excluding hydrogens is 358 g/mol. The van der Waals surface area contributed by atoms with Crippen molar-refractivity contribution in [2.75, 3.05) is 20.2 Å². The highest BCUT2D eigenvalue weighted by molar-refractivity contribution is 7.32. The molecular formula is C21H33NO2SSi. The van der Waals surface area contributed by atoms with Gasteiger partial charge < -0.3 is 9.64 Å². The normalized spacial score (nSPS) is 12.5. The Kier molecular flexibility index (Phi) is 5.93. The van der Waals surface area contributed by atoms with Crippen LogP contribution in [0.25, 0.3) is 10.1 Å². The number of ether oxygens (including phenoxy) is 1. The molecule has 0 fully saturated rings. The molecule has 0 N–H and O–H groups in total. The van der Waals surface area contributed by atoms with Gasteiger partial charge in [-0.15, -0.1) is 11.3 Å². The van der Waals surface area contributed by atoms with E-state index in [0.717, 1.165) is 16.7 Å². The van der Waals surface area contributed by atoms with E-state index in [2.05, 4.69) is 46.0 Å². The van der Waals surface area contributed by atoms with Crippen LogP contribution in [0.1, 0.15) is 50.5 Å². The molecule has 0 bridgehead atoms. The van der Waals surface area contributed by atoms with Crippen LogP contribution in [0.4, 0.5) is 0 Å². The number of amides is 1. The third-order valence-electron chi connectivity index (χ3n) is 5.93. The van der Waals surface area contributed by atoms with Gasteiger partial charge in [0.1, 0.15) is 5.75 Å². The summed E-state index contributed by atoms with van der Waals surface area (Å²) in [5.41, 5.74) is 1.71. The van der Waals surface area contributed by atoms with E-state index in [1.807, 2.05) is 37.0 Å². The molecule has 0 spiro atoms. The van der Waals surface area contributed by atoms with Crippen molar-refractivity contribution in [1.29, 1.82) is 0 Å². The van der Waals surface area contributed by atoms with Crippen molar-refractivity contribution in [2.24, 2.45) is 0 Å². The highest BCUT2D eigenvalue weighted by atomic mass is 32.1. The molecule has 5 heteroatoms. The van der Waals surface area contributed by atoms with Gasteiger partial charge in [0.2, 0.25) is 0 Å². The number of nitrogens with zero attached hydrogens (tertiary/aromatic N) is 1.